The van der Waals surface area contributed by atoms with E-state index in [1.807, 2.05) is 13.0 Å². The number of hydrogen-bond donors (Lipinski definition) is 1. The zero-order valence-corrected chi connectivity index (χ0v) is 7.96. The maximum atomic E-state index is 13.2. The Morgan fingerprint density at radius 3 is 2.93 bits per heavy atom. The van der Waals surface area contributed by atoms with E-state index in [0.717, 1.165) is 11.8 Å². The number of hydrogen-bond acceptors (Lipinski definition) is 2. The first kappa shape index (κ1) is 9.21. The predicted molar refractivity (Wildman–Crippen MR) is 53.4 cm³/mol. The number of benzene rings is 1. The van der Waals surface area contributed by atoms with Crippen LogP contribution in [0.1, 0.15) is 25.1 Å². The standard InChI is InChI=1S/C11H12FNO/c1-2-9(13)10-6-7-4-3-5-8(12)11(7)14-10/h3-6,9H,2,13H2,1H3. The molecule has 1 heterocycles. The van der Waals surface area contributed by atoms with Crippen LogP contribution in [-0.4, -0.2) is 0 Å². The smallest absolute Gasteiger partial charge is 0.169 e. The van der Waals surface area contributed by atoms with Crippen molar-refractivity contribution in [3.8, 4) is 0 Å². The summed E-state index contributed by atoms with van der Waals surface area (Å²) >= 11 is 0. The lowest BCUT2D eigenvalue weighted by atomic mass is 10.2. The number of furan rings is 1. The quantitative estimate of drug-likeness (QED) is 0.796. The summed E-state index contributed by atoms with van der Waals surface area (Å²) in [5.41, 5.74) is 6.09. The van der Waals surface area contributed by atoms with Crippen molar-refractivity contribution in [2.24, 2.45) is 5.73 Å². The van der Waals surface area contributed by atoms with Crippen molar-refractivity contribution in [2.45, 2.75) is 19.4 Å². The fourth-order valence-corrected chi connectivity index (χ4v) is 1.43. The molecule has 2 N–H and O–H groups in total. The molecule has 0 bridgehead atoms. The van der Waals surface area contributed by atoms with Gasteiger partial charge in [-0.1, -0.05) is 19.1 Å². The summed E-state index contributed by atoms with van der Waals surface area (Å²) < 4.78 is 18.6. The van der Waals surface area contributed by atoms with E-state index in [2.05, 4.69) is 0 Å². The topological polar surface area (TPSA) is 39.2 Å². The van der Waals surface area contributed by atoms with Gasteiger partial charge in [-0.2, -0.15) is 0 Å². The van der Waals surface area contributed by atoms with Crippen molar-refractivity contribution in [1.82, 2.24) is 0 Å². The molecule has 0 saturated carbocycles. The largest absolute Gasteiger partial charge is 0.456 e. The summed E-state index contributed by atoms with van der Waals surface area (Å²) in [4.78, 5) is 0. The molecule has 1 aromatic carbocycles. The van der Waals surface area contributed by atoms with Crippen LogP contribution in [0.3, 0.4) is 0 Å². The molecule has 0 spiro atoms. The van der Waals surface area contributed by atoms with Crippen LogP contribution in [0, 0.1) is 5.82 Å². The Morgan fingerprint density at radius 1 is 1.50 bits per heavy atom. The van der Waals surface area contributed by atoms with Gasteiger partial charge in [-0.3, -0.25) is 0 Å². The second-order valence-corrected chi connectivity index (χ2v) is 3.32. The average molecular weight is 193 g/mol. The van der Waals surface area contributed by atoms with Crippen LogP contribution >= 0.6 is 0 Å². The zero-order valence-electron chi connectivity index (χ0n) is 7.96. The Labute approximate surface area is 81.5 Å². The number of para-hydroxylation sites is 1. The van der Waals surface area contributed by atoms with Gasteiger partial charge in [0.15, 0.2) is 11.4 Å². The second-order valence-electron chi connectivity index (χ2n) is 3.32. The van der Waals surface area contributed by atoms with Crippen LogP contribution < -0.4 is 5.73 Å². The molecule has 0 aliphatic carbocycles. The molecular formula is C11H12FNO. The molecule has 0 radical (unpaired) electrons. The van der Waals surface area contributed by atoms with Gasteiger partial charge in [0.05, 0.1) is 6.04 Å². The summed E-state index contributed by atoms with van der Waals surface area (Å²) in [6.07, 6.45) is 0.779. The second kappa shape index (κ2) is 3.42. The van der Waals surface area contributed by atoms with Crippen LogP contribution in [0.4, 0.5) is 4.39 Å². The van der Waals surface area contributed by atoms with Crippen molar-refractivity contribution < 1.29 is 8.81 Å². The van der Waals surface area contributed by atoms with Gasteiger partial charge < -0.3 is 10.2 Å². The van der Waals surface area contributed by atoms with E-state index in [1.165, 1.54) is 6.07 Å². The third-order valence-electron chi connectivity index (χ3n) is 2.32. The average Bonchev–Trinajstić information content (AvgIpc) is 2.62. The third-order valence-corrected chi connectivity index (χ3v) is 2.32. The molecule has 0 amide bonds. The highest BCUT2D eigenvalue weighted by Crippen LogP contribution is 2.25. The number of nitrogens with two attached hydrogens (primary N) is 1. The van der Waals surface area contributed by atoms with Gasteiger partial charge in [0.2, 0.25) is 0 Å². The molecule has 14 heavy (non-hydrogen) atoms. The van der Waals surface area contributed by atoms with Gasteiger partial charge in [-0.15, -0.1) is 0 Å². The first-order valence-electron chi connectivity index (χ1n) is 4.66. The predicted octanol–water partition coefficient (Wildman–Crippen LogP) is 2.98. The minimum absolute atomic E-state index is 0.151. The fraction of sp³-hybridized carbons (Fsp3) is 0.273. The molecule has 74 valence electrons. The normalized spacial score (nSPS) is 13.4. The van der Waals surface area contributed by atoms with E-state index in [9.17, 15) is 4.39 Å². The van der Waals surface area contributed by atoms with Gasteiger partial charge in [-0.25, -0.2) is 4.39 Å². The lowest BCUT2D eigenvalue weighted by molar-refractivity contribution is 0.474. The van der Waals surface area contributed by atoms with E-state index in [0.29, 0.717) is 11.3 Å². The highest BCUT2D eigenvalue weighted by atomic mass is 19.1. The van der Waals surface area contributed by atoms with Gasteiger partial charge in [0.1, 0.15) is 5.76 Å². The van der Waals surface area contributed by atoms with Crippen LogP contribution in [0.5, 0.6) is 0 Å². The molecule has 0 saturated heterocycles. The van der Waals surface area contributed by atoms with Gasteiger partial charge in [0.25, 0.3) is 0 Å². The number of halogens is 1. The first-order chi connectivity index (χ1) is 6.72. The minimum Gasteiger partial charge on any atom is -0.456 e. The molecule has 2 nitrogen and oxygen atoms in total. The summed E-state index contributed by atoms with van der Waals surface area (Å²) in [5, 5.41) is 0.768. The summed E-state index contributed by atoms with van der Waals surface area (Å²) in [7, 11) is 0. The Balaban J connectivity index is 2.56. The Morgan fingerprint density at radius 2 is 2.29 bits per heavy atom. The maximum absolute atomic E-state index is 13.2. The first-order valence-corrected chi connectivity index (χ1v) is 4.66. The van der Waals surface area contributed by atoms with Crippen molar-refractivity contribution in [2.75, 3.05) is 0 Å². The van der Waals surface area contributed by atoms with Crippen LogP contribution in [0.15, 0.2) is 28.7 Å². The van der Waals surface area contributed by atoms with Crippen molar-refractivity contribution in [3.05, 3.63) is 35.8 Å². The van der Waals surface area contributed by atoms with Gasteiger partial charge in [-0.05, 0) is 18.6 Å². The molecule has 0 fully saturated rings. The van der Waals surface area contributed by atoms with E-state index >= 15 is 0 Å². The number of fused-ring (bicyclic) bond motifs is 1. The van der Waals surface area contributed by atoms with Crippen molar-refractivity contribution in [3.63, 3.8) is 0 Å². The molecule has 3 heteroatoms. The SMILES string of the molecule is CCC(N)c1cc2cccc(F)c2o1. The molecule has 1 atom stereocenters. The Kier molecular flexibility index (Phi) is 2.25. The number of rotatable bonds is 2. The van der Waals surface area contributed by atoms with Crippen molar-refractivity contribution >= 4 is 11.0 Å². The molecular weight excluding hydrogens is 181 g/mol. The van der Waals surface area contributed by atoms with Crippen LogP contribution in [0.25, 0.3) is 11.0 Å². The van der Waals surface area contributed by atoms with E-state index in [4.69, 9.17) is 10.2 Å². The molecule has 1 unspecified atom stereocenters. The maximum Gasteiger partial charge on any atom is 0.169 e. The van der Waals surface area contributed by atoms with E-state index < -0.39 is 0 Å². The van der Waals surface area contributed by atoms with Crippen LogP contribution in [-0.2, 0) is 0 Å². The molecule has 0 aliphatic rings. The summed E-state index contributed by atoms with van der Waals surface area (Å²) in [6, 6.07) is 6.50. The lowest BCUT2D eigenvalue weighted by Crippen LogP contribution is -2.06. The van der Waals surface area contributed by atoms with E-state index in [-0.39, 0.29) is 11.9 Å². The highest BCUT2D eigenvalue weighted by molar-refractivity contribution is 5.78. The Hall–Kier alpha value is -1.35. The van der Waals surface area contributed by atoms with Crippen LogP contribution in [0.2, 0.25) is 0 Å². The van der Waals surface area contributed by atoms with Gasteiger partial charge >= 0.3 is 0 Å². The Bertz CT molecular complexity index is 449. The van der Waals surface area contributed by atoms with Gasteiger partial charge in [0, 0.05) is 5.39 Å². The fourth-order valence-electron chi connectivity index (χ4n) is 1.43. The third kappa shape index (κ3) is 1.40. The molecule has 0 aliphatic heterocycles. The molecule has 1 aromatic heterocycles. The zero-order chi connectivity index (χ0) is 10.1. The van der Waals surface area contributed by atoms with Crippen molar-refractivity contribution in [1.29, 1.82) is 0 Å². The summed E-state index contributed by atoms with van der Waals surface area (Å²) in [6.45, 7) is 1.97. The summed E-state index contributed by atoms with van der Waals surface area (Å²) in [5.74, 6) is 0.310. The minimum atomic E-state index is -0.336. The van der Waals surface area contributed by atoms with E-state index in [1.54, 1.807) is 12.1 Å². The lowest BCUT2D eigenvalue weighted by Gasteiger charge is -2.02. The molecule has 2 aromatic rings. The molecule has 2 rings (SSSR count). The monoisotopic (exact) mass is 193 g/mol. The highest BCUT2D eigenvalue weighted by Gasteiger charge is 2.11.